The van der Waals surface area contributed by atoms with Crippen LogP contribution in [0.25, 0.3) is 0 Å². The van der Waals surface area contributed by atoms with Crippen molar-refractivity contribution in [3.63, 3.8) is 0 Å². The van der Waals surface area contributed by atoms with E-state index in [4.69, 9.17) is 0 Å². The summed E-state index contributed by atoms with van der Waals surface area (Å²) >= 11 is 4.98. The molecule has 1 aromatic carbocycles. The van der Waals surface area contributed by atoms with Crippen molar-refractivity contribution in [2.75, 3.05) is 13.2 Å². The first-order valence-corrected chi connectivity index (χ1v) is 7.48. The maximum Gasteiger partial charge on any atom is 0.123 e. The van der Waals surface area contributed by atoms with Crippen LogP contribution in [0.1, 0.15) is 10.4 Å². The second kappa shape index (κ2) is 6.13. The summed E-state index contributed by atoms with van der Waals surface area (Å²) in [5.41, 5.74) is -0.257. The van der Waals surface area contributed by atoms with E-state index in [-0.39, 0.29) is 19.0 Å². The summed E-state index contributed by atoms with van der Waals surface area (Å²) in [6.07, 6.45) is 0.460. The largest absolute Gasteiger partial charge is 0.395 e. The molecule has 0 radical (unpaired) electrons. The zero-order chi connectivity index (χ0) is 13.9. The van der Waals surface area contributed by atoms with Crippen molar-refractivity contribution in [3.8, 4) is 0 Å². The molecule has 0 atom stereocenters. The zero-order valence-electron chi connectivity index (χ0n) is 10.1. The molecule has 0 aliphatic carbocycles. The van der Waals surface area contributed by atoms with E-state index in [1.165, 1.54) is 12.1 Å². The molecule has 1 heterocycles. The molecule has 102 valence electrons. The highest BCUT2D eigenvalue weighted by Gasteiger charge is 2.32. The summed E-state index contributed by atoms with van der Waals surface area (Å²) in [6, 6.07) is 7.97. The number of aliphatic hydroxyl groups excluding tert-OH is 2. The number of hydrogen-bond acceptors (Lipinski definition) is 3. The summed E-state index contributed by atoms with van der Waals surface area (Å²) in [4.78, 5) is 1.02. The smallest absolute Gasteiger partial charge is 0.123 e. The van der Waals surface area contributed by atoms with Gasteiger partial charge in [0.05, 0.1) is 13.2 Å². The molecule has 0 saturated carbocycles. The molecule has 0 aliphatic heterocycles. The molecule has 19 heavy (non-hydrogen) atoms. The third kappa shape index (κ3) is 3.05. The Morgan fingerprint density at radius 2 is 1.95 bits per heavy atom. The van der Waals surface area contributed by atoms with Gasteiger partial charge in [0, 0.05) is 14.8 Å². The van der Waals surface area contributed by atoms with Crippen LogP contribution in [-0.4, -0.2) is 23.4 Å². The van der Waals surface area contributed by atoms with Gasteiger partial charge in [-0.1, -0.05) is 12.1 Å². The molecule has 5 heteroatoms. The van der Waals surface area contributed by atoms with E-state index in [9.17, 15) is 14.6 Å². The minimum Gasteiger partial charge on any atom is -0.395 e. The number of benzene rings is 1. The van der Waals surface area contributed by atoms with Gasteiger partial charge in [0.2, 0.25) is 0 Å². The van der Waals surface area contributed by atoms with Crippen LogP contribution in [0.2, 0.25) is 0 Å². The predicted octanol–water partition coefficient (Wildman–Crippen LogP) is 3.11. The lowest BCUT2D eigenvalue weighted by Gasteiger charge is -2.30. The molecule has 0 aliphatic rings. The lowest BCUT2D eigenvalue weighted by molar-refractivity contribution is 0.116. The maximum absolute atomic E-state index is 13.4. The van der Waals surface area contributed by atoms with Crippen LogP contribution in [0.4, 0.5) is 4.39 Å². The molecule has 0 unspecified atom stereocenters. The van der Waals surface area contributed by atoms with Crippen LogP contribution in [0.15, 0.2) is 40.2 Å². The molecule has 0 bridgehead atoms. The Kier molecular flexibility index (Phi) is 4.73. The molecule has 0 amide bonds. The Hall–Kier alpha value is -0.750. The molecule has 1 aromatic heterocycles. The third-order valence-corrected chi connectivity index (χ3v) is 5.16. The van der Waals surface area contributed by atoms with Gasteiger partial charge in [0.25, 0.3) is 0 Å². The fourth-order valence-electron chi connectivity index (χ4n) is 2.02. The van der Waals surface area contributed by atoms with Gasteiger partial charge < -0.3 is 10.2 Å². The zero-order valence-corrected chi connectivity index (χ0v) is 12.5. The fraction of sp³-hybridized carbons (Fsp3) is 0.286. The topological polar surface area (TPSA) is 40.5 Å². The van der Waals surface area contributed by atoms with Crippen molar-refractivity contribution in [1.82, 2.24) is 0 Å². The quantitative estimate of drug-likeness (QED) is 0.874. The van der Waals surface area contributed by atoms with Gasteiger partial charge in [-0.25, -0.2) is 4.39 Å². The molecule has 2 aromatic rings. The molecule has 0 spiro atoms. The van der Waals surface area contributed by atoms with Crippen LogP contribution in [-0.2, 0) is 11.8 Å². The number of rotatable bonds is 5. The molecule has 2 N–H and O–H groups in total. The molecule has 2 rings (SSSR count). The van der Waals surface area contributed by atoms with Crippen molar-refractivity contribution < 1.29 is 14.6 Å². The van der Waals surface area contributed by atoms with Crippen LogP contribution in [0.3, 0.4) is 0 Å². The summed E-state index contributed by atoms with van der Waals surface area (Å²) in [5, 5.41) is 21.4. The van der Waals surface area contributed by atoms with Gasteiger partial charge >= 0.3 is 0 Å². The standard InChI is InChI=1S/C14H14BrFO2S/c15-12-4-5-19-13(12)7-14(8-17,9-18)10-2-1-3-11(16)6-10/h1-6,17-18H,7-9H2. The Labute approximate surface area is 123 Å². The van der Waals surface area contributed by atoms with Crippen molar-refractivity contribution >= 4 is 27.3 Å². The minimum absolute atomic E-state index is 0.239. The minimum atomic E-state index is -0.866. The number of hydrogen-bond donors (Lipinski definition) is 2. The van der Waals surface area contributed by atoms with E-state index in [1.54, 1.807) is 23.5 Å². The molecule has 2 nitrogen and oxygen atoms in total. The summed E-state index contributed by atoms with van der Waals surface area (Å²) in [5.74, 6) is -0.367. The monoisotopic (exact) mass is 344 g/mol. The highest BCUT2D eigenvalue weighted by Crippen LogP contribution is 2.33. The Morgan fingerprint density at radius 3 is 2.47 bits per heavy atom. The second-order valence-corrected chi connectivity index (χ2v) is 6.33. The van der Waals surface area contributed by atoms with Crippen LogP contribution < -0.4 is 0 Å². The Bertz CT molecular complexity index is 552. The molecule has 0 saturated heterocycles. The molecular weight excluding hydrogens is 331 g/mol. The Balaban J connectivity index is 2.40. The van der Waals surface area contributed by atoms with Crippen molar-refractivity contribution in [2.24, 2.45) is 0 Å². The van der Waals surface area contributed by atoms with Gasteiger partial charge in [-0.15, -0.1) is 11.3 Å². The summed E-state index contributed by atoms with van der Waals surface area (Å²) in [7, 11) is 0. The maximum atomic E-state index is 13.4. The van der Waals surface area contributed by atoms with Crippen molar-refractivity contribution in [1.29, 1.82) is 0 Å². The average Bonchev–Trinajstić information content (AvgIpc) is 2.81. The van der Waals surface area contributed by atoms with Crippen molar-refractivity contribution in [2.45, 2.75) is 11.8 Å². The van der Waals surface area contributed by atoms with E-state index in [1.807, 2.05) is 11.4 Å². The van der Waals surface area contributed by atoms with E-state index in [0.29, 0.717) is 12.0 Å². The van der Waals surface area contributed by atoms with Crippen molar-refractivity contribution in [3.05, 3.63) is 56.4 Å². The van der Waals surface area contributed by atoms with Gasteiger partial charge in [-0.3, -0.25) is 0 Å². The molecular formula is C14H14BrFO2S. The van der Waals surface area contributed by atoms with Crippen LogP contribution in [0, 0.1) is 5.82 Å². The number of thiophene rings is 1. The second-order valence-electron chi connectivity index (χ2n) is 4.48. The van der Waals surface area contributed by atoms with Gasteiger partial charge in [0.1, 0.15) is 5.82 Å². The Morgan fingerprint density at radius 1 is 1.21 bits per heavy atom. The van der Waals surface area contributed by atoms with Gasteiger partial charge in [-0.2, -0.15) is 0 Å². The molecule has 0 fully saturated rings. The lowest BCUT2D eigenvalue weighted by atomic mass is 9.78. The highest BCUT2D eigenvalue weighted by atomic mass is 79.9. The first-order valence-electron chi connectivity index (χ1n) is 5.81. The van der Waals surface area contributed by atoms with E-state index in [0.717, 1.165) is 9.35 Å². The van der Waals surface area contributed by atoms with Gasteiger partial charge in [0.15, 0.2) is 0 Å². The average molecular weight is 345 g/mol. The van der Waals surface area contributed by atoms with E-state index >= 15 is 0 Å². The fourth-order valence-corrected chi connectivity index (χ4v) is 3.66. The van der Waals surface area contributed by atoms with E-state index in [2.05, 4.69) is 15.9 Å². The highest BCUT2D eigenvalue weighted by molar-refractivity contribution is 9.10. The van der Waals surface area contributed by atoms with Crippen LogP contribution >= 0.6 is 27.3 Å². The van der Waals surface area contributed by atoms with Crippen LogP contribution in [0.5, 0.6) is 0 Å². The summed E-state index contributed by atoms with van der Waals surface area (Å²) < 4.78 is 14.3. The number of aliphatic hydroxyl groups is 2. The summed E-state index contributed by atoms with van der Waals surface area (Å²) in [6.45, 7) is -0.478. The normalized spacial score (nSPS) is 11.8. The first kappa shape index (κ1) is 14.7. The first-order chi connectivity index (χ1) is 9.11. The third-order valence-electron chi connectivity index (χ3n) is 3.23. The van der Waals surface area contributed by atoms with E-state index < -0.39 is 5.41 Å². The lowest BCUT2D eigenvalue weighted by Crippen LogP contribution is -2.37. The predicted molar refractivity (Wildman–Crippen MR) is 78.0 cm³/mol. The van der Waals surface area contributed by atoms with Gasteiger partial charge in [-0.05, 0) is 51.5 Å². The SMILES string of the molecule is OCC(CO)(Cc1sccc1Br)c1cccc(F)c1. The number of halogens is 2.